The number of nitrogens with one attached hydrogen (secondary N) is 2. The molecule has 0 aliphatic carbocycles. The van der Waals surface area contributed by atoms with E-state index in [0.29, 0.717) is 13.2 Å². The van der Waals surface area contributed by atoms with E-state index in [4.69, 9.17) is 13.9 Å². The zero-order chi connectivity index (χ0) is 17.3. The van der Waals surface area contributed by atoms with Crippen molar-refractivity contribution >= 4 is 35.6 Å². The summed E-state index contributed by atoms with van der Waals surface area (Å²) in [5, 5.41) is 6.68. The minimum absolute atomic E-state index is 0. The first-order valence-corrected chi connectivity index (χ1v) is 8.82. The average Bonchev–Trinajstić information content (AvgIpc) is 3.03. The van der Waals surface area contributed by atoms with Gasteiger partial charge in [-0.1, -0.05) is 6.92 Å². The summed E-state index contributed by atoms with van der Waals surface area (Å²) in [6, 6.07) is 9.74. The van der Waals surface area contributed by atoms with Crippen molar-refractivity contribution in [1.82, 2.24) is 5.32 Å². The Morgan fingerprint density at radius 1 is 1.15 bits per heavy atom. The lowest BCUT2D eigenvalue weighted by molar-refractivity contribution is 0.297. The highest BCUT2D eigenvalue weighted by molar-refractivity contribution is 14.0. The number of fused-ring (bicyclic) bond motifs is 1. The van der Waals surface area contributed by atoms with Gasteiger partial charge < -0.3 is 24.5 Å². The molecule has 0 atom stereocenters. The van der Waals surface area contributed by atoms with E-state index in [9.17, 15) is 0 Å². The zero-order valence-electron chi connectivity index (χ0n) is 15.0. The molecule has 0 bridgehead atoms. The Hall–Kier alpha value is -1.90. The van der Waals surface area contributed by atoms with Gasteiger partial charge in [0.15, 0.2) is 17.5 Å². The molecule has 0 amide bonds. The third-order valence-electron chi connectivity index (χ3n) is 3.75. The van der Waals surface area contributed by atoms with Crippen LogP contribution in [0.15, 0.2) is 46.0 Å². The summed E-state index contributed by atoms with van der Waals surface area (Å²) in [5.41, 5.74) is 0.921. The molecular formula is C19H26IN3O3. The van der Waals surface area contributed by atoms with Gasteiger partial charge in [0.1, 0.15) is 5.76 Å². The van der Waals surface area contributed by atoms with Gasteiger partial charge in [0.25, 0.3) is 0 Å². The van der Waals surface area contributed by atoms with Crippen molar-refractivity contribution in [2.24, 2.45) is 4.99 Å². The van der Waals surface area contributed by atoms with Crippen LogP contribution in [-0.4, -0.2) is 32.3 Å². The second-order valence-corrected chi connectivity index (χ2v) is 5.82. The Labute approximate surface area is 171 Å². The summed E-state index contributed by atoms with van der Waals surface area (Å²) in [6.45, 7) is 4.98. The molecule has 0 radical (unpaired) electrons. The Bertz CT molecular complexity index is 689. The van der Waals surface area contributed by atoms with Gasteiger partial charge in [0, 0.05) is 37.7 Å². The predicted molar refractivity (Wildman–Crippen MR) is 114 cm³/mol. The summed E-state index contributed by atoms with van der Waals surface area (Å²) >= 11 is 0. The van der Waals surface area contributed by atoms with Crippen molar-refractivity contribution in [2.45, 2.75) is 26.2 Å². The molecule has 1 aliphatic heterocycles. The maximum atomic E-state index is 5.74. The van der Waals surface area contributed by atoms with E-state index >= 15 is 0 Å². The van der Waals surface area contributed by atoms with Gasteiger partial charge in [-0.25, -0.2) is 0 Å². The molecule has 0 saturated carbocycles. The Morgan fingerprint density at radius 2 is 2.00 bits per heavy atom. The lowest BCUT2D eigenvalue weighted by Gasteiger charge is -2.14. The first kappa shape index (κ1) is 20.4. The molecule has 3 rings (SSSR count). The molecule has 0 unspecified atom stereocenters. The van der Waals surface area contributed by atoms with E-state index in [-0.39, 0.29) is 24.0 Å². The van der Waals surface area contributed by atoms with Gasteiger partial charge in [-0.05, 0) is 30.7 Å². The Morgan fingerprint density at radius 3 is 2.77 bits per heavy atom. The molecule has 0 fully saturated rings. The van der Waals surface area contributed by atoms with Crippen LogP contribution in [0.3, 0.4) is 0 Å². The molecule has 7 heteroatoms. The van der Waals surface area contributed by atoms with Crippen LogP contribution < -0.4 is 20.1 Å². The molecule has 2 heterocycles. The van der Waals surface area contributed by atoms with E-state index in [1.807, 2.05) is 30.3 Å². The van der Waals surface area contributed by atoms with E-state index in [0.717, 1.165) is 61.3 Å². The lowest BCUT2D eigenvalue weighted by Crippen LogP contribution is -2.32. The van der Waals surface area contributed by atoms with Crippen LogP contribution in [0.4, 0.5) is 5.69 Å². The molecule has 6 nitrogen and oxygen atoms in total. The van der Waals surface area contributed by atoms with E-state index in [1.54, 1.807) is 6.26 Å². The van der Waals surface area contributed by atoms with Crippen molar-refractivity contribution in [2.75, 3.05) is 31.6 Å². The Kier molecular flexibility index (Phi) is 8.60. The fraction of sp³-hybridized carbons (Fsp3) is 0.421. The second-order valence-electron chi connectivity index (χ2n) is 5.82. The molecular weight excluding hydrogens is 445 g/mol. The largest absolute Gasteiger partial charge is 0.490 e. The number of anilines is 1. The van der Waals surface area contributed by atoms with E-state index < -0.39 is 0 Å². The number of halogens is 1. The normalized spacial score (nSPS) is 13.5. The maximum absolute atomic E-state index is 5.74. The van der Waals surface area contributed by atoms with Crippen molar-refractivity contribution in [1.29, 1.82) is 0 Å². The minimum atomic E-state index is 0. The van der Waals surface area contributed by atoms with Crippen LogP contribution in [0.2, 0.25) is 0 Å². The first-order valence-electron chi connectivity index (χ1n) is 8.82. The number of furan rings is 1. The summed E-state index contributed by atoms with van der Waals surface area (Å²) in [7, 11) is 0. The van der Waals surface area contributed by atoms with Gasteiger partial charge >= 0.3 is 0 Å². The third kappa shape index (κ3) is 6.12. The van der Waals surface area contributed by atoms with Crippen LogP contribution in [-0.2, 0) is 6.42 Å². The highest BCUT2D eigenvalue weighted by Crippen LogP contribution is 2.32. The average molecular weight is 471 g/mol. The van der Waals surface area contributed by atoms with Crippen LogP contribution >= 0.6 is 24.0 Å². The number of nitrogens with zero attached hydrogens (tertiary/aromatic N) is 1. The molecule has 1 aromatic carbocycles. The van der Waals surface area contributed by atoms with Crippen molar-refractivity contribution < 1.29 is 13.9 Å². The molecule has 0 spiro atoms. The van der Waals surface area contributed by atoms with Crippen molar-refractivity contribution in [3.63, 3.8) is 0 Å². The summed E-state index contributed by atoms with van der Waals surface area (Å²) < 4.78 is 16.8. The number of hydrogen-bond donors (Lipinski definition) is 2. The number of rotatable bonds is 6. The Balaban J connectivity index is 0.00000243. The third-order valence-corrected chi connectivity index (χ3v) is 3.75. The zero-order valence-corrected chi connectivity index (χ0v) is 17.3. The predicted octanol–water partition coefficient (Wildman–Crippen LogP) is 4.07. The SMILES string of the molecule is CCCN=C(NCCc1ccco1)Nc1ccc2c(c1)OCCCO2.I. The number of guanidine groups is 1. The van der Waals surface area contributed by atoms with Crippen LogP contribution in [0.5, 0.6) is 11.5 Å². The number of hydrogen-bond acceptors (Lipinski definition) is 4. The quantitative estimate of drug-likeness (QED) is 0.378. The smallest absolute Gasteiger partial charge is 0.195 e. The second kappa shape index (κ2) is 10.9. The monoisotopic (exact) mass is 471 g/mol. The fourth-order valence-electron chi connectivity index (χ4n) is 2.50. The van der Waals surface area contributed by atoms with Gasteiger partial charge in [-0.3, -0.25) is 4.99 Å². The molecule has 142 valence electrons. The van der Waals surface area contributed by atoms with Crippen molar-refractivity contribution in [3.05, 3.63) is 42.4 Å². The topological polar surface area (TPSA) is 68.0 Å². The highest BCUT2D eigenvalue weighted by Gasteiger charge is 2.11. The minimum Gasteiger partial charge on any atom is -0.490 e. The molecule has 0 saturated heterocycles. The van der Waals surface area contributed by atoms with E-state index in [1.165, 1.54) is 0 Å². The van der Waals surface area contributed by atoms with Crippen molar-refractivity contribution in [3.8, 4) is 11.5 Å². The number of benzene rings is 1. The fourth-order valence-corrected chi connectivity index (χ4v) is 2.50. The summed E-state index contributed by atoms with van der Waals surface area (Å²) in [4.78, 5) is 4.58. The van der Waals surface area contributed by atoms with Crippen LogP contribution in [0.1, 0.15) is 25.5 Å². The van der Waals surface area contributed by atoms with Gasteiger partial charge in [-0.15, -0.1) is 24.0 Å². The summed E-state index contributed by atoms with van der Waals surface area (Å²) in [5.74, 6) is 3.27. The summed E-state index contributed by atoms with van der Waals surface area (Å²) in [6.07, 6.45) is 4.39. The van der Waals surface area contributed by atoms with Gasteiger partial charge in [0.2, 0.25) is 0 Å². The molecule has 1 aliphatic rings. The number of aliphatic imine (C=N–C) groups is 1. The van der Waals surface area contributed by atoms with E-state index in [2.05, 4.69) is 22.5 Å². The maximum Gasteiger partial charge on any atom is 0.195 e. The first-order chi connectivity index (χ1) is 12.3. The van der Waals surface area contributed by atoms with Crippen LogP contribution in [0.25, 0.3) is 0 Å². The van der Waals surface area contributed by atoms with Gasteiger partial charge in [0.05, 0.1) is 19.5 Å². The number of ether oxygens (including phenoxy) is 2. The molecule has 1 aromatic heterocycles. The molecule has 2 aromatic rings. The van der Waals surface area contributed by atoms with Crippen LogP contribution in [0, 0.1) is 0 Å². The molecule has 2 N–H and O–H groups in total. The lowest BCUT2D eigenvalue weighted by atomic mass is 10.2. The standard InChI is InChI=1S/C19H25N3O3.HI/c1-2-9-20-19(21-10-8-16-5-3-11-23-16)22-15-6-7-17-18(14-15)25-13-4-12-24-17;/h3,5-7,11,14H,2,4,8-10,12-13H2,1H3,(H2,20,21,22);1H. The molecule has 26 heavy (non-hydrogen) atoms. The van der Waals surface area contributed by atoms with Gasteiger partial charge in [-0.2, -0.15) is 0 Å². The highest BCUT2D eigenvalue weighted by atomic mass is 127.